The Balaban J connectivity index is 0.000000199. The van der Waals surface area contributed by atoms with E-state index in [0.717, 1.165) is 117 Å². The van der Waals surface area contributed by atoms with Gasteiger partial charge in [-0.3, -0.25) is 14.4 Å². The summed E-state index contributed by atoms with van der Waals surface area (Å²) in [5.41, 5.74) is 2.89. The molecule has 3 atom stereocenters. The number of hydrogen-bond donors (Lipinski definition) is 0. The van der Waals surface area contributed by atoms with Crippen molar-refractivity contribution in [2.75, 3.05) is 6.61 Å². The van der Waals surface area contributed by atoms with Crippen molar-refractivity contribution >= 4 is 29.8 Å². The summed E-state index contributed by atoms with van der Waals surface area (Å²) >= 11 is 0. The molecule has 3 unspecified atom stereocenters. The summed E-state index contributed by atoms with van der Waals surface area (Å²) in [5.74, 6) is 2.86. The van der Waals surface area contributed by atoms with E-state index < -0.39 is 28.0 Å². The van der Waals surface area contributed by atoms with Gasteiger partial charge < -0.3 is 23.7 Å². The molecule has 1 aromatic carbocycles. The topological polar surface area (TPSA) is 132 Å². The summed E-state index contributed by atoms with van der Waals surface area (Å²) in [6.07, 6.45) is 22.1. The molecule has 9 rings (SSSR count). The molecule has 0 saturated heterocycles. The van der Waals surface area contributed by atoms with Gasteiger partial charge in [0.25, 0.3) is 0 Å². The van der Waals surface area contributed by atoms with Crippen LogP contribution in [0.3, 0.4) is 0 Å². The first-order valence-electron chi connectivity index (χ1n) is 31.5. The van der Waals surface area contributed by atoms with Gasteiger partial charge in [0.2, 0.25) is 0 Å². The maximum Gasteiger partial charge on any atom is 0.345 e. The molecule has 6 bridgehead atoms. The van der Waals surface area contributed by atoms with Gasteiger partial charge in [0.15, 0.2) is 6.61 Å². The zero-order valence-electron chi connectivity index (χ0n) is 53.7. The molecule has 8 fully saturated rings. The molecule has 8 aliphatic carbocycles. The SMILES string of the molecule is C=C(C)C1(OC(=O)C(C)(C)CC)C2CC3CC(C2)CC1C3.C=C(C)C1(OC(=O)C(C)(C)CC)CC2CCC1C2.C=C(C)C1(OC(=O)COC(=O)C(C)(C)CC)CCCC1.C=C(C)C1(OC(=O)c2ccc(C(C)(C)CC)cc2)CCCC1. The summed E-state index contributed by atoms with van der Waals surface area (Å²) in [7, 11) is 0. The Kier molecular flexibility index (Phi) is 22.1. The van der Waals surface area contributed by atoms with Crippen LogP contribution in [-0.2, 0) is 48.3 Å². The molecule has 10 nitrogen and oxygen atoms in total. The van der Waals surface area contributed by atoms with Crippen molar-refractivity contribution in [2.24, 2.45) is 51.8 Å². The molecule has 10 heteroatoms. The second-order valence-electron chi connectivity index (χ2n) is 28.8. The van der Waals surface area contributed by atoms with E-state index in [2.05, 4.69) is 60.9 Å². The first-order valence-corrected chi connectivity index (χ1v) is 31.5. The maximum absolute atomic E-state index is 12.7. The second kappa shape index (κ2) is 26.6. The minimum absolute atomic E-state index is 0.0273. The van der Waals surface area contributed by atoms with Crippen LogP contribution in [0, 0.1) is 51.8 Å². The Labute approximate surface area is 491 Å². The lowest BCUT2D eigenvalue weighted by molar-refractivity contribution is -0.205. The standard InChI is InChI=1S/C20H28O2.C19H30O2.C16H26O4.C16H26O2/c1-6-19(4,5)17-11-9-16(10-12-17)18(21)22-20(15(2)3)13-7-8-14-20;1-6-18(4,5)17(20)21-19(12(2)3)15-8-13-7-14(10-15)11-16(19)9-13;1-6-15(4,5)14(18)19-11-13(17)20-16(12(2)3)9-7-8-10-16;1-6-15(4,5)14(17)18-16(11(2)3)10-12-7-8-13(16)9-12/h9-12H,2,6-8,13-14H2,1,3-5H3;13-16H,2,6-11H2,1,3-5H3;2,6-11H2,1,3-5H3;12-13H,2,6-10H2,1,3-5H3. The fourth-order valence-electron chi connectivity index (χ4n) is 14.1. The highest BCUT2D eigenvalue weighted by Gasteiger charge is 2.61. The van der Waals surface area contributed by atoms with Gasteiger partial charge >= 0.3 is 29.8 Å². The number of carbonyl (C=O) groups is 5. The van der Waals surface area contributed by atoms with Gasteiger partial charge in [-0.25, -0.2) is 9.59 Å². The van der Waals surface area contributed by atoms with E-state index >= 15 is 0 Å². The fourth-order valence-corrected chi connectivity index (χ4v) is 14.1. The molecular weight excluding hydrogens is 1010 g/mol. The Hall–Kier alpha value is -4.47. The number of hydrogen-bond acceptors (Lipinski definition) is 10. The summed E-state index contributed by atoms with van der Waals surface area (Å²) in [6.45, 7) is 48.1. The van der Waals surface area contributed by atoms with Crippen LogP contribution >= 0.6 is 0 Å². The highest BCUT2D eigenvalue weighted by molar-refractivity contribution is 5.90. The minimum Gasteiger partial charge on any atom is -0.454 e. The van der Waals surface area contributed by atoms with Crippen LogP contribution in [0.1, 0.15) is 262 Å². The van der Waals surface area contributed by atoms with Crippen molar-refractivity contribution in [1.29, 1.82) is 0 Å². The van der Waals surface area contributed by atoms with Gasteiger partial charge in [0.05, 0.1) is 21.8 Å². The average molecular weight is 1120 g/mol. The van der Waals surface area contributed by atoms with Crippen molar-refractivity contribution < 1.29 is 47.7 Å². The van der Waals surface area contributed by atoms with Gasteiger partial charge in [-0.2, -0.15) is 0 Å². The molecule has 0 spiro atoms. The monoisotopic (exact) mass is 1120 g/mol. The Morgan fingerprint density at radius 3 is 1.31 bits per heavy atom. The molecule has 0 N–H and O–H groups in total. The third kappa shape index (κ3) is 15.1. The van der Waals surface area contributed by atoms with Crippen molar-refractivity contribution in [2.45, 2.75) is 273 Å². The van der Waals surface area contributed by atoms with Crippen LogP contribution in [0.15, 0.2) is 72.9 Å². The van der Waals surface area contributed by atoms with Crippen molar-refractivity contribution in [1.82, 2.24) is 0 Å². The second-order valence-corrected chi connectivity index (χ2v) is 28.8. The normalized spacial score (nSPS) is 27.4. The highest BCUT2D eigenvalue weighted by atomic mass is 16.6. The summed E-state index contributed by atoms with van der Waals surface area (Å²) in [5, 5.41) is 0. The lowest BCUT2D eigenvalue weighted by Gasteiger charge is -2.60. The van der Waals surface area contributed by atoms with Crippen LogP contribution in [0.2, 0.25) is 0 Å². The lowest BCUT2D eigenvalue weighted by atomic mass is 9.48. The van der Waals surface area contributed by atoms with Gasteiger partial charge in [-0.05, 0) is 267 Å². The summed E-state index contributed by atoms with van der Waals surface area (Å²) in [4.78, 5) is 61.3. The van der Waals surface area contributed by atoms with E-state index in [1.165, 1.54) is 56.9 Å². The van der Waals surface area contributed by atoms with E-state index in [1.54, 1.807) is 13.8 Å². The van der Waals surface area contributed by atoms with Gasteiger partial charge in [-0.1, -0.05) is 80.0 Å². The van der Waals surface area contributed by atoms with Crippen LogP contribution in [0.5, 0.6) is 0 Å². The molecule has 81 heavy (non-hydrogen) atoms. The van der Waals surface area contributed by atoms with Crippen LogP contribution in [0.25, 0.3) is 0 Å². The molecule has 454 valence electrons. The predicted octanol–water partition coefficient (Wildman–Crippen LogP) is 17.7. The molecule has 0 heterocycles. The lowest BCUT2D eigenvalue weighted by Crippen LogP contribution is -2.60. The van der Waals surface area contributed by atoms with Gasteiger partial charge in [0.1, 0.15) is 22.4 Å². The third-order valence-electron chi connectivity index (χ3n) is 21.5. The smallest absolute Gasteiger partial charge is 0.345 e. The van der Waals surface area contributed by atoms with E-state index in [-0.39, 0.29) is 52.5 Å². The summed E-state index contributed by atoms with van der Waals surface area (Å²) < 4.78 is 28.8. The van der Waals surface area contributed by atoms with Crippen molar-refractivity contribution in [3.8, 4) is 0 Å². The number of ether oxygens (including phenoxy) is 5. The predicted molar refractivity (Wildman–Crippen MR) is 326 cm³/mol. The number of carbonyl (C=O) groups excluding carboxylic acids is 5. The van der Waals surface area contributed by atoms with E-state index in [4.69, 9.17) is 23.7 Å². The van der Waals surface area contributed by atoms with Gasteiger partial charge in [-0.15, -0.1) is 0 Å². The quantitative estimate of drug-likeness (QED) is 0.0749. The first-order chi connectivity index (χ1) is 37.6. The van der Waals surface area contributed by atoms with Crippen molar-refractivity contribution in [3.05, 3.63) is 84.0 Å². The molecule has 1 aromatic rings. The molecule has 8 aliphatic rings. The Morgan fingerprint density at radius 1 is 0.494 bits per heavy atom. The fraction of sp³-hybridized carbons (Fsp3) is 0.732. The maximum atomic E-state index is 12.7. The summed E-state index contributed by atoms with van der Waals surface area (Å²) in [6, 6.07) is 7.86. The van der Waals surface area contributed by atoms with Crippen molar-refractivity contribution in [3.63, 3.8) is 0 Å². The minimum atomic E-state index is -0.570. The number of fused-ring (bicyclic) bond motifs is 2. The molecule has 0 amide bonds. The zero-order chi connectivity index (χ0) is 60.7. The molecule has 0 radical (unpaired) electrons. The molecular formula is C71H110O10. The van der Waals surface area contributed by atoms with Crippen LogP contribution in [-0.4, -0.2) is 58.9 Å². The molecule has 0 aromatic heterocycles. The average Bonchev–Trinajstić information content (AvgIpc) is 4.12. The van der Waals surface area contributed by atoms with Crippen LogP contribution in [0.4, 0.5) is 0 Å². The van der Waals surface area contributed by atoms with Gasteiger partial charge in [0, 0.05) is 17.8 Å². The number of rotatable bonds is 19. The number of esters is 5. The Morgan fingerprint density at radius 2 is 0.926 bits per heavy atom. The number of benzene rings is 1. The highest BCUT2D eigenvalue weighted by Crippen LogP contribution is 2.62. The third-order valence-corrected chi connectivity index (χ3v) is 21.5. The van der Waals surface area contributed by atoms with E-state index in [9.17, 15) is 24.0 Å². The van der Waals surface area contributed by atoms with E-state index in [1.807, 2.05) is 86.6 Å². The first kappa shape index (κ1) is 67.3. The Bertz CT molecular complexity index is 2410. The van der Waals surface area contributed by atoms with E-state index in [0.29, 0.717) is 29.7 Å². The van der Waals surface area contributed by atoms with Crippen LogP contribution < -0.4 is 0 Å². The zero-order valence-corrected chi connectivity index (χ0v) is 53.7. The molecule has 0 aliphatic heterocycles. The largest absolute Gasteiger partial charge is 0.454 e. The molecule has 8 saturated carbocycles.